The predicted octanol–water partition coefficient (Wildman–Crippen LogP) is 3.72. The molecule has 146 valence electrons. The van der Waals surface area contributed by atoms with Crippen molar-refractivity contribution in [3.63, 3.8) is 0 Å². The van der Waals surface area contributed by atoms with Gasteiger partial charge in [0, 0.05) is 29.1 Å². The number of amides is 1. The van der Waals surface area contributed by atoms with Crippen LogP contribution in [0.4, 0.5) is 10.1 Å². The van der Waals surface area contributed by atoms with E-state index >= 15 is 0 Å². The number of ether oxygens (including phenoxy) is 1. The minimum Gasteiger partial charge on any atom is -0.454 e. The number of esters is 1. The highest BCUT2D eigenvalue weighted by molar-refractivity contribution is 7.98. The highest BCUT2D eigenvalue weighted by Gasteiger charge is 2.37. The van der Waals surface area contributed by atoms with Gasteiger partial charge in [0.2, 0.25) is 11.7 Å². The summed E-state index contributed by atoms with van der Waals surface area (Å²) in [7, 11) is 0. The standard InChI is InChI=1S/C21H20FNO4S/c1-13(20(25)14-6-8-16(22)9-7-14)27-21(26)15-10-19(24)23(12-15)17-4-3-5-18(11-17)28-2/h3-9,11,13,15H,10,12H2,1-2H3/t13-,15-/m0/s1. The molecule has 0 N–H and O–H groups in total. The summed E-state index contributed by atoms with van der Waals surface area (Å²) in [5.41, 5.74) is 1.00. The minimum atomic E-state index is -1.01. The van der Waals surface area contributed by atoms with Crippen molar-refractivity contribution in [2.75, 3.05) is 17.7 Å². The van der Waals surface area contributed by atoms with Gasteiger partial charge in [0.05, 0.1) is 5.92 Å². The topological polar surface area (TPSA) is 63.7 Å². The number of thioether (sulfide) groups is 1. The molecule has 7 heteroatoms. The number of nitrogens with zero attached hydrogens (tertiary/aromatic N) is 1. The van der Waals surface area contributed by atoms with Crippen LogP contribution in [0.2, 0.25) is 0 Å². The van der Waals surface area contributed by atoms with Crippen molar-refractivity contribution < 1.29 is 23.5 Å². The lowest BCUT2D eigenvalue weighted by atomic mass is 10.1. The molecular formula is C21H20FNO4S. The summed E-state index contributed by atoms with van der Waals surface area (Å²) >= 11 is 1.57. The summed E-state index contributed by atoms with van der Waals surface area (Å²) in [6.45, 7) is 1.69. The molecule has 1 fully saturated rings. The number of benzene rings is 2. The quantitative estimate of drug-likeness (QED) is 0.419. The van der Waals surface area contributed by atoms with E-state index in [2.05, 4.69) is 0 Å². The van der Waals surface area contributed by atoms with Gasteiger partial charge < -0.3 is 9.64 Å². The molecule has 2 aromatic carbocycles. The molecule has 1 aliphatic rings. The average molecular weight is 401 g/mol. The summed E-state index contributed by atoms with van der Waals surface area (Å²) < 4.78 is 18.3. The van der Waals surface area contributed by atoms with E-state index < -0.39 is 29.6 Å². The molecule has 5 nitrogen and oxygen atoms in total. The zero-order valence-electron chi connectivity index (χ0n) is 15.6. The molecule has 0 aliphatic carbocycles. The van der Waals surface area contributed by atoms with Crippen LogP contribution >= 0.6 is 11.8 Å². The second kappa shape index (κ2) is 8.56. The van der Waals surface area contributed by atoms with Gasteiger partial charge in [0.25, 0.3) is 0 Å². The van der Waals surface area contributed by atoms with E-state index in [0.717, 1.165) is 10.6 Å². The van der Waals surface area contributed by atoms with Gasteiger partial charge in [-0.2, -0.15) is 0 Å². The van der Waals surface area contributed by atoms with E-state index in [9.17, 15) is 18.8 Å². The van der Waals surface area contributed by atoms with Crippen LogP contribution in [0, 0.1) is 11.7 Å². The Morgan fingerprint density at radius 2 is 1.93 bits per heavy atom. The lowest BCUT2D eigenvalue weighted by molar-refractivity contribution is -0.151. The first-order chi connectivity index (χ1) is 13.4. The Morgan fingerprint density at radius 3 is 2.61 bits per heavy atom. The van der Waals surface area contributed by atoms with Gasteiger partial charge >= 0.3 is 5.97 Å². The zero-order chi connectivity index (χ0) is 20.3. The Labute approximate surface area is 166 Å². The number of Topliss-reactive ketones (excluding diaryl/α,β-unsaturated/α-hetero) is 1. The third kappa shape index (κ3) is 4.42. The largest absolute Gasteiger partial charge is 0.454 e. The number of anilines is 1. The van der Waals surface area contributed by atoms with Gasteiger partial charge in [0.1, 0.15) is 5.82 Å². The molecule has 1 aliphatic heterocycles. The van der Waals surface area contributed by atoms with Crippen LogP contribution in [0.3, 0.4) is 0 Å². The number of rotatable bonds is 6. The fraction of sp³-hybridized carbons (Fsp3) is 0.286. The number of hydrogen-bond acceptors (Lipinski definition) is 5. The second-order valence-corrected chi connectivity index (χ2v) is 7.44. The molecule has 0 aromatic heterocycles. The van der Waals surface area contributed by atoms with Crippen molar-refractivity contribution in [1.29, 1.82) is 0 Å². The van der Waals surface area contributed by atoms with Gasteiger partial charge in [-0.05, 0) is 55.6 Å². The molecule has 0 bridgehead atoms. The van der Waals surface area contributed by atoms with Crippen LogP contribution in [0.1, 0.15) is 23.7 Å². The van der Waals surface area contributed by atoms with E-state index in [1.54, 1.807) is 16.7 Å². The van der Waals surface area contributed by atoms with Gasteiger partial charge in [-0.25, -0.2) is 4.39 Å². The Bertz CT molecular complexity index is 900. The lowest BCUT2D eigenvalue weighted by Crippen LogP contribution is -2.30. The first-order valence-corrected chi connectivity index (χ1v) is 10.1. The summed E-state index contributed by atoms with van der Waals surface area (Å²) in [6, 6.07) is 12.6. The normalized spacial score (nSPS) is 17.5. The number of hydrogen-bond donors (Lipinski definition) is 0. The van der Waals surface area contributed by atoms with Crippen LogP contribution in [0.5, 0.6) is 0 Å². The van der Waals surface area contributed by atoms with E-state index in [1.807, 2.05) is 30.5 Å². The molecule has 2 aromatic rings. The number of carbonyl (C=O) groups is 3. The Morgan fingerprint density at radius 1 is 1.21 bits per heavy atom. The van der Waals surface area contributed by atoms with Crippen LogP contribution in [0.25, 0.3) is 0 Å². The van der Waals surface area contributed by atoms with Gasteiger partial charge in [-0.1, -0.05) is 6.07 Å². The second-order valence-electron chi connectivity index (χ2n) is 6.56. The van der Waals surface area contributed by atoms with Crippen LogP contribution in [0.15, 0.2) is 53.4 Å². The van der Waals surface area contributed by atoms with Crippen molar-refractivity contribution in [1.82, 2.24) is 0 Å². The Balaban J connectivity index is 1.64. The lowest BCUT2D eigenvalue weighted by Gasteiger charge is -2.18. The van der Waals surface area contributed by atoms with Crippen LogP contribution in [-0.2, 0) is 14.3 Å². The maximum Gasteiger partial charge on any atom is 0.312 e. The summed E-state index contributed by atoms with van der Waals surface area (Å²) in [6.07, 6.45) is 0.978. The van der Waals surface area contributed by atoms with Crippen LogP contribution in [-0.4, -0.2) is 36.6 Å². The zero-order valence-corrected chi connectivity index (χ0v) is 16.4. The molecule has 28 heavy (non-hydrogen) atoms. The maximum atomic E-state index is 13.0. The first-order valence-electron chi connectivity index (χ1n) is 8.83. The van der Waals surface area contributed by atoms with E-state index in [4.69, 9.17) is 4.74 Å². The molecule has 1 saturated heterocycles. The molecule has 1 heterocycles. The average Bonchev–Trinajstić information content (AvgIpc) is 3.10. The Hall–Kier alpha value is -2.67. The summed E-state index contributed by atoms with van der Waals surface area (Å²) in [5, 5.41) is 0. The minimum absolute atomic E-state index is 0.0415. The summed E-state index contributed by atoms with van der Waals surface area (Å²) in [4.78, 5) is 39.8. The van der Waals surface area contributed by atoms with E-state index in [-0.39, 0.29) is 24.4 Å². The molecule has 0 spiro atoms. The van der Waals surface area contributed by atoms with Crippen molar-refractivity contribution >= 4 is 35.1 Å². The molecule has 0 radical (unpaired) electrons. The molecule has 1 amide bonds. The highest BCUT2D eigenvalue weighted by Crippen LogP contribution is 2.29. The fourth-order valence-corrected chi connectivity index (χ4v) is 3.52. The molecule has 3 rings (SSSR count). The van der Waals surface area contributed by atoms with E-state index in [0.29, 0.717) is 0 Å². The molecule has 0 saturated carbocycles. The van der Waals surface area contributed by atoms with Crippen molar-refractivity contribution in [3.8, 4) is 0 Å². The van der Waals surface area contributed by atoms with E-state index in [1.165, 1.54) is 31.2 Å². The Kier molecular flexibility index (Phi) is 6.14. The number of halogens is 1. The number of carbonyl (C=O) groups excluding carboxylic acids is 3. The third-order valence-corrected chi connectivity index (χ3v) is 5.34. The smallest absolute Gasteiger partial charge is 0.312 e. The summed E-state index contributed by atoms with van der Waals surface area (Å²) in [5.74, 6) is -2.23. The molecule has 2 atom stereocenters. The maximum absolute atomic E-state index is 13.0. The van der Waals surface area contributed by atoms with Gasteiger partial charge in [0.15, 0.2) is 6.10 Å². The monoisotopic (exact) mass is 401 g/mol. The van der Waals surface area contributed by atoms with Crippen molar-refractivity contribution in [2.45, 2.75) is 24.3 Å². The van der Waals surface area contributed by atoms with Gasteiger partial charge in [-0.15, -0.1) is 11.8 Å². The highest BCUT2D eigenvalue weighted by atomic mass is 32.2. The third-order valence-electron chi connectivity index (χ3n) is 4.61. The van der Waals surface area contributed by atoms with Gasteiger partial charge in [-0.3, -0.25) is 14.4 Å². The SMILES string of the molecule is CSc1cccc(N2C[C@@H](C(=O)O[C@@H](C)C(=O)c3ccc(F)cc3)CC2=O)c1. The molecule has 0 unspecified atom stereocenters. The predicted molar refractivity (Wildman–Crippen MR) is 105 cm³/mol. The van der Waals surface area contributed by atoms with Crippen LogP contribution < -0.4 is 4.90 Å². The van der Waals surface area contributed by atoms with Crippen molar-refractivity contribution in [2.24, 2.45) is 5.92 Å². The first kappa shape index (κ1) is 20.1. The fourth-order valence-electron chi connectivity index (χ4n) is 3.07. The van der Waals surface area contributed by atoms with Crippen molar-refractivity contribution in [3.05, 3.63) is 59.9 Å². The number of ketones is 1. The molecular weight excluding hydrogens is 381 g/mol.